The van der Waals surface area contributed by atoms with E-state index in [0.717, 1.165) is 28.7 Å². The summed E-state index contributed by atoms with van der Waals surface area (Å²) >= 11 is 3.45. The molecule has 1 fully saturated rings. The molecule has 0 saturated carbocycles. The van der Waals surface area contributed by atoms with Gasteiger partial charge in [-0.2, -0.15) is 0 Å². The summed E-state index contributed by atoms with van der Waals surface area (Å²) in [5.74, 6) is 0.0900. The van der Waals surface area contributed by atoms with Gasteiger partial charge in [-0.15, -0.1) is 0 Å². The zero-order valence-corrected chi connectivity index (χ0v) is 11.0. The van der Waals surface area contributed by atoms with Crippen molar-refractivity contribution in [2.75, 3.05) is 20.1 Å². The lowest BCUT2D eigenvalue weighted by atomic mass is 10.1. The fraction of sp³-hybridized carbons (Fsp3) is 0.417. The molecule has 0 atom stereocenters. The van der Waals surface area contributed by atoms with Gasteiger partial charge < -0.3 is 10.2 Å². The number of carbonyl (C=O) groups is 1. The van der Waals surface area contributed by atoms with Gasteiger partial charge in [-0.3, -0.25) is 4.79 Å². The third kappa shape index (κ3) is 2.13. The van der Waals surface area contributed by atoms with Gasteiger partial charge in [0.1, 0.15) is 0 Å². The predicted octanol–water partition coefficient (Wildman–Crippen LogP) is 1.80. The van der Waals surface area contributed by atoms with Crippen molar-refractivity contribution in [1.29, 1.82) is 0 Å². The number of nitrogens with zero attached hydrogens (tertiary/aromatic N) is 1. The summed E-state index contributed by atoms with van der Waals surface area (Å²) in [6.07, 6.45) is 0. The van der Waals surface area contributed by atoms with Crippen LogP contribution >= 0.6 is 15.9 Å². The van der Waals surface area contributed by atoms with Crippen molar-refractivity contribution in [3.05, 3.63) is 33.8 Å². The number of likely N-dealkylation sites (N-methyl/N-ethyl adjacent to an activating group) is 1. The number of hydrogen-bond donors (Lipinski definition) is 1. The van der Waals surface area contributed by atoms with E-state index in [1.54, 1.807) is 0 Å². The number of halogens is 1. The van der Waals surface area contributed by atoms with Gasteiger partial charge in [0.05, 0.1) is 6.04 Å². The highest BCUT2D eigenvalue weighted by atomic mass is 79.9. The second kappa shape index (κ2) is 4.55. The quantitative estimate of drug-likeness (QED) is 0.897. The van der Waals surface area contributed by atoms with Crippen LogP contribution in [-0.4, -0.2) is 37.0 Å². The van der Waals surface area contributed by atoms with Crippen molar-refractivity contribution in [2.24, 2.45) is 0 Å². The second-order valence-electron chi connectivity index (χ2n) is 4.19. The minimum absolute atomic E-state index is 0.0900. The van der Waals surface area contributed by atoms with E-state index in [0.29, 0.717) is 6.04 Å². The lowest BCUT2D eigenvalue weighted by Gasteiger charge is -2.35. The average Bonchev–Trinajstić information content (AvgIpc) is 2.18. The van der Waals surface area contributed by atoms with Crippen LogP contribution in [0.4, 0.5) is 0 Å². The molecule has 1 aliphatic heterocycles. The minimum atomic E-state index is 0.0900. The molecule has 0 radical (unpaired) electrons. The third-order valence-electron chi connectivity index (χ3n) is 3.05. The van der Waals surface area contributed by atoms with Gasteiger partial charge in [0.25, 0.3) is 5.91 Å². The van der Waals surface area contributed by atoms with Gasteiger partial charge >= 0.3 is 0 Å². The zero-order chi connectivity index (χ0) is 11.7. The van der Waals surface area contributed by atoms with Crippen LogP contribution in [0.3, 0.4) is 0 Å². The average molecular weight is 283 g/mol. The first kappa shape index (κ1) is 11.6. The molecule has 1 N–H and O–H groups in total. The smallest absolute Gasteiger partial charge is 0.253 e. The molecule has 1 aromatic rings. The highest BCUT2D eigenvalue weighted by molar-refractivity contribution is 9.10. The lowest BCUT2D eigenvalue weighted by Crippen LogP contribution is -2.57. The molecule has 0 bridgehead atoms. The van der Waals surface area contributed by atoms with Crippen LogP contribution in [0.25, 0.3) is 0 Å². The minimum Gasteiger partial charge on any atom is -0.336 e. The van der Waals surface area contributed by atoms with Crippen molar-refractivity contribution in [2.45, 2.75) is 13.0 Å². The molecule has 0 spiro atoms. The van der Waals surface area contributed by atoms with Crippen molar-refractivity contribution >= 4 is 21.8 Å². The maximum absolute atomic E-state index is 12.1. The van der Waals surface area contributed by atoms with Crippen molar-refractivity contribution in [3.8, 4) is 0 Å². The maximum Gasteiger partial charge on any atom is 0.253 e. The molecule has 86 valence electrons. The molecule has 3 nitrogen and oxygen atoms in total. The van der Waals surface area contributed by atoms with E-state index in [1.807, 2.05) is 37.1 Å². The Morgan fingerprint density at radius 3 is 2.69 bits per heavy atom. The molecule has 1 heterocycles. The topological polar surface area (TPSA) is 32.3 Å². The molecule has 2 rings (SSSR count). The fourth-order valence-corrected chi connectivity index (χ4v) is 2.02. The first-order valence-corrected chi connectivity index (χ1v) is 6.13. The molecule has 16 heavy (non-hydrogen) atoms. The first-order valence-electron chi connectivity index (χ1n) is 5.33. The highest BCUT2D eigenvalue weighted by Crippen LogP contribution is 2.19. The van der Waals surface area contributed by atoms with E-state index in [9.17, 15) is 4.79 Å². The standard InChI is InChI=1S/C12H15BrN2O/c1-8-3-4-9(5-11(8)13)12(16)15(2)10-6-14-7-10/h3-5,10,14H,6-7H2,1-2H3. The van der Waals surface area contributed by atoms with Crippen molar-refractivity contribution in [1.82, 2.24) is 10.2 Å². The van der Waals surface area contributed by atoms with E-state index >= 15 is 0 Å². The van der Waals surface area contributed by atoms with Gasteiger partial charge in [-0.25, -0.2) is 0 Å². The van der Waals surface area contributed by atoms with E-state index in [4.69, 9.17) is 0 Å². The normalized spacial score (nSPS) is 15.7. The molecule has 1 amide bonds. The van der Waals surface area contributed by atoms with Crippen LogP contribution < -0.4 is 5.32 Å². The van der Waals surface area contributed by atoms with Crippen LogP contribution in [0.15, 0.2) is 22.7 Å². The summed E-state index contributed by atoms with van der Waals surface area (Å²) in [5.41, 5.74) is 1.89. The van der Waals surface area contributed by atoms with Crippen LogP contribution in [0.5, 0.6) is 0 Å². The molecule has 4 heteroatoms. The SMILES string of the molecule is Cc1ccc(C(=O)N(C)C2CNC2)cc1Br. The van der Waals surface area contributed by atoms with E-state index < -0.39 is 0 Å². The second-order valence-corrected chi connectivity index (χ2v) is 5.05. The summed E-state index contributed by atoms with van der Waals surface area (Å²) in [6, 6.07) is 6.07. The molecule has 0 aromatic heterocycles. The number of hydrogen-bond acceptors (Lipinski definition) is 2. The molecular formula is C12H15BrN2O. The Balaban J connectivity index is 2.16. The maximum atomic E-state index is 12.1. The number of amides is 1. The molecular weight excluding hydrogens is 268 g/mol. The number of rotatable bonds is 2. The molecule has 0 unspecified atom stereocenters. The van der Waals surface area contributed by atoms with Crippen LogP contribution in [0.1, 0.15) is 15.9 Å². The van der Waals surface area contributed by atoms with Gasteiger partial charge in [0.15, 0.2) is 0 Å². The summed E-state index contributed by atoms with van der Waals surface area (Å²) in [5, 5.41) is 3.17. The van der Waals surface area contributed by atoms with Gasteiger partial charge in [-0.05, 0) is 24.6 Å². The largest absolute Gasteiger partial charge is 0.336 e. The first-order chi connectivity index (χ1) is 7.59. The van der Waals surface area contributed by atoms with Crippen LogP contribution in [0.2, 0.25) is 0 Å². The molecule has 1 aliphatic rings. The van der Waals surface area contributed by atoms with E-state index in [-0.39, 0.29) is 5.91 Å². The molecule has 1 saturated heterocycles. The van der Waals surface area contributed by atoms with Crippen LogP contribution in [-0.2, 0) is 0 Å². The Morgan fingerprint density at radius 1 is 1.50 bits per heavy atom. The lowest BCUT2D eigenvalue weighted by molar-refractivity contribution is 0.0681. The summed E-state index contributed by atoms with van der Waals surface area (Å²) in [4.78, 5) is 13.9. The predicted molar refractivity (Wildman–Crippen MR) is 67.6 cm³/mol. The third-order valence-corrected chi connectivity index (χ3v) is 3.90. The monoisotopic (exact) mass is 282 g/mol. The molecule has 1 aromatic carbocycles. The Hall–Kier alpha value is -0.870. The van der Waals surface area contributed by atoms with Gasteiger partial charge in [0.2, 0.25) is 0 Å². The summed E-state index contributed by atoms with van der Waals surface area (Å²) < 4.78 is 0.985. The van der Waals surface area contributed by atoms with Crippen LogP contribution in [0, 0.1) is 6.92 Å². The van der Waals surface area contributed by atoms with Gasteiger partial charge in [0, 0.05) is 30.2 Å². The highest BCUT2D eigenvalue weighted by Gasteiger charge is 2.25. The van der Waals surface area contributed by atoms with Gasteiger partial charge in [-0.1, -0.05) is 22.0 Å². The molecule has 0 aliphatic carbocycles. The van der Waals surface area contributed by atoms with E-state index in [2.05, 4.69) is 21.2 Å². The number of aryl methyl sites for hydroxylation is 1. The van der Waals surface area contributed by atoms with Crippen molar-refractivity contribution in [3.63, 3.8) is 0 Å². The Kier molecular flexibility index (Phi) is 3.30. The Bertz CT molecular complexity index is 415. The zero-order valence-electron chi connectivity index (χ0n) is 9.46. The number of nitrogens with one attached hydrogen (secondary N) is 1. The Labute approximate surface area is 104 Å². The number of carbonyl (C=O) groups excluding carboxylic acids is 1. The fourth-order valence-electron chi connectivity index (χ4n) is 1.64. The Morgan fingerprint density at radius 2 is 2.19 bits per heavy atom. The number of benzene rings is 1. The van der Waals surface area contributed by atoms with Crippen molar-refractivity contribution < 1.29 is 4.79 Å². The van der Waals surface area contributed by atoms with E-state index in [1.165, 1.54) is 0 Å². The summed E-state index contributed by atoms with van der Waals surface area (Å²) in [7, 11) is 1.86. The summed E-state index contributed by atoms with van der Waals surface area (Å²) in [6.45, 7) is 3.81.